The average molecular weight is 193 g/mol. The van der Waals surface area contributed by atoms with Gasteiger partial charge in [-0.2, -0.15) is 0 Å². The van der Waals surface area contributed by atoms with Crippen molar-refractivity contribution in [2.24, 2.45) is 4.99 Å². The molecule has 1 aliphatic heterocycles. The van der Waals surface area contributed by atoms with E-state index >= 15 is 0 Å². The summed E-state index contributed by atoms with van der Waals surface area (Å²) in [5, 5.41) is 8.76. The average Bonchev–Trinajstić information content (AvgIpc) is 2.38. The molecule has 66 valence electrons. The van der Waals surface area contributed by atoms with Gasteiger partial charge in [-0.15, -0.1) is 11.3 Å². The number of carboxylic acid groups (broad SMARTS) is 1. The number of hydrogen-bond donors (Lipinski definition) is 1. The lowest BCUT2D eigenvalue weighted by atomic mass is 10.2. The third-order valence-corrected chi connectivity index (χ3v) is 2.91. The number of aliphatic imine (C=N–C) groups is 1. The molecule has 2 heterocycles. The highest BCUT2D eigenvalue weighted by Gasteiger charge is 2.11. The lowest BCUT2D eigenvalue weighted by Crippen LogP contribution is -1.90. The molecule has 3 nitrogen and oxygen atoms in total. The lowest BCUT2D eigenvalue weighted by molar-refractivity contribution is 0.0702. The van der Waals surface area contributed by atoms with E-state index < -0.39 is 5.97 Å². The zero-order valence-corrected chi connectivity index (χ0v) is 7.54. The highest BCUT2D eigenvalue weighted by molar-refractivity contribution is 7.15. The molecule has 0 unspecified atom stereocenters. The predicted octanol–water partition coefficient (Wildman–Crippen LogP) is 2.04. The molecule has 0 fully saturated rings. The summed E-state index contributed by atoms with van der Waals surface area (Å²) in [6.45, 7) is 0. The van der Waals surface area contributed by atoms with E-state index in [2.05, 4.69) is 4.99 Å². The van der Waals surface area contributed by atoms with Crippen molar-refractivity contribution in [3.05, 3.63) is 27.6 Å². The largest absolute Gasteiger partial charge is 0.477 e. The Bertz CT molecular complexity index is 404. The summed E-state index contributed by atoms with van der Waals surface area (Å²) in [5.74, 6) is -0.858. The Labute approximate surface area is 79.1 Å². The van der Waals surface area contributed by atoms with Crippen LogP contribution in [0.4, 0.5) is 0 Å². The van der Waals surface area contributed by atoms with E-state index in [9.17, 15) is 4.79 Å². The number of hydrogen-bond acceptors (Lipinski definition) is 3. The van der Waals surface area contributed by atoms with Crippen LogP contribution in [0.3, 0.4) is 0 Å². The zero-order chi connectivity index (χ0) is 9.26. The third-order valence-electron chi connectivity index (χ3n) is 1.78. The zero-order valence-electron chi connectivity index (χ0n) is 6.73. The van der Waals surface area contributed by atoms with E-state index in [4.69, 9.17) is 5.11 Å². The summed E-state index contributed by atoms with van der Waals surface area (Å²) in [4.78, 5) is 16.0. The second kappa shape index (κ2) is 3.14. The lowest BCUT2D eigenvalue weighted by Gasteiger charge is -1.88. The molecule has 2 rings (SSSR count). The molecular formula is C9H7NO2S. The van der Waals surface area contributed by atoms with Gasteiger partial charge < -0.3 is 5.11 Å². The van der Waals surface area contributed by atoms with Crippen LogP contribution in [-0.4, -0.2) is 17.3 Å². The highest BCUT2D eigenvalue weighted by atomic mass is 32.1. The fourth-order valence-electron chi connectivity index (χ4n) is 1.17. The molecule has 0 saturated carbocycles. The first-order valence-corrected chi connectivity index (χ1v) is 4.63. The molecule has 0 atom stereocenters. The van der Waals surface area contributed by atoms with Crippen molar-refractivity contribution in [3.63, 3.8) is 0 Å². The maximum absolute atomic E-state index is 10.7. The first-order valence-electron chi connectivity index (χ1n) is 3.81. The molecule has 4 heteroatoms. The van der Waals surface area contributed by atoms with Gasteiger partial charge in [0, 0.05) is 23.7 Å². The van der Waals surface area contributed by atoms with Gasteiger partial charge in [-0.3, -0.25) is 4.99 Å². The number of fused-ring (bicyclic) bond motifs is 1. The molecule has 0 aromatic carbocycles. The van der Waals surface area contributed by atoms with E-state index in [1.165, 1.54) is 11.3 Å². The standard InChI is InChI=1S/C9H7NO2S/c11-9(12)8-5-6-1-3-10-4-2-7(6)13-8/h2-5H,1H2,(H,11,12). The van der Waals surface area contributed by atoms with Crippen LogP contribution in [-0.2, 0) is 6.42 Å². The Morgan fingerprint density at radius 3 is 3.23 bits per heavy atom. The van der Waals surface area contributed by atoms with Crippen LogP contribution < -0.4 is 0 Å². The quantitative estimate of drug-likeness (QED) is 0.742. The predicted molar refractivity (Wildman–Crippen MR) is 52.5 cm³/mol. The Kier molecular flexibility index (Phi) is 1.98. The highest BCUT2D eigenvalue weighted by Crippen LogP contribution is 2.25. The molecular weight excluding hydrogens is 186 g/mol. The van der Waals surface area contributed by atoms with Gasteiger partial charge in [0.25, 0.3) is 0 Å². The molecule has 0 spiro atoms. The van der Waals surface area contributed by atoms with Gasteiger partial charge in [-0.1, -0.05) is 0 Å². The minimum atomic E-state index is -0.858. The Balaban J connectivity index is 2.46. The van der Waals surface area contributed by atoms with Gasteiger partial charge >= 0.3 is 5.97 Å². The molecule has 0 bridgehead atoms. The van der Waals surface area contributed by atoms with Gasteiger partial charge in [0.05, 0.1) is 0 Å². The molecule has 0 saturated heterocycles. The van der Waals surface area contributed by atoms with Crippen LogP contribution in [0.1, 0.15) is 20.1 Å². The fraction of sp³-hybridized carbons (Fsp3) is 0.111. The topological polar surface area (TPSA) is 49.7 Å². The number of carbonyl (C=O) groups is 1. The van der Waals surface area contributed by atoms with Gasteiger partial charge in [0.1, 0.15) is 4.88 Å². The minimum absolute atomic E-state index is 0.393. The maximum atomic E-state index is 10.7. The summed E-state index contributed by atoms with van der Waals surface area (Å²) < 4.78 is 0. The maximum Gasteiger partial charge on any atom is 0.345 e. The molecule has 1 N–H and O–H groups in total. The van der Waals surface area contributed by atoms with Crippen LogP contribution in [0.25, 0.3) is 6.08 Å². The van der Waals surface area contributed by atoms with E-state index in [0.29, 0.717) is 11.3 Å². The first kappa shape index (κ1) is 8.19. The molecule has 1 aromatic heterocycles. The van der Waals surface area contributed by atoms with Crippen LogP contribution >= 0.6 is 11.3 Å². The van der Waals surface area contributed by atoms with Crippen LogP contribution in [0.5, 0.6) is 0 Å². The number of thiophene rings is 1. The van der Waals surface area contributed by atoms with Crippen molar-refractivity contribution in [2.75, 3.05) is 0 Å². The Morgan fingerprint density at radius 1 is 1.62 bits per heavy atom. The van der Waals surface area contributed by atoms with Crippen molar-refractivity contribution in [1.82, 2.24) is 0 Å². The molecule has 0 aliphatic carbocycles. The van der Waals surface area contributed by atoms with Crippen LogP contribution in [0.15, 0.2) is 17.3 Å². The van der Waals surface area contributed by atoms with Crippen LogP contribution in [0.2, 0.25) is 0 Å². The van der Waals surface area contributed by atoms with E-state index in [1.54, 1.807) is 18.5 Å². The second-order valence-corrected chi connectivity index (χ2v) is 3.74. The van der Waals surface area contributed by atoms with Crippen molar-refractivity contribution in [2.45, 2.75) is 6.42 Å². The smallest absolute Gasteiger partial charge is 0.345 e. The normalized spacial score (nSPS) is 13.8. The number of carboxylic acids is 1. The number of rotatable bonds is 1. The molecule has 1 aromatic rings. The van der Waals surface area contributed by atoms with E-state index in [-0.39, 0.29) is 0 Å². The number of nitrogens with zero attached hydrogens (tertiary/aromatic N) is 1. The summed E-state index contributed by atoms with van der Waals surface area (Å²) >= 11 is 1.29. The summed E-state index contributed by atoms with van der Waals surface area (Å²) in [7, 11) is 0. The molecule has 1 aliphatic rings. The number of aromatic carboxylic acids is 1. The Morgan fingerprint density at radius 2 is 2.46 bits per heavy atom. The second-order valence-electron chi connectivity index (χ2n) is 2.66. The van der Waals surface area contributed by atoms with Gasteiger partial charge in [-0.05, 0) is 17.7 Å². The summed E-state index contributed by atoms with van der Waals surface area (Å²) in [6.07, 6.45) is 6.02. The third kappa shape index (κ3) is 1.53. The van der Waals surface area contributed by atoms with Gasteiger partial charge in [-0.25, -0.2) is 4.79 Å². The summed E-state index contributed by atoms with van der Waals surface area (Å²) in [5.41, 5.74) is 1.04. The van der Waals surface area contributed by atoms with Crippen molar-refractivity contribution in [1.29, 1.82) is 0 Å². The molecule has 0 amide bonds. The van der Waals surface area contributed by atoms with E-state index in [0.717, 1.165) is 10.4 Å². The SMILES string of the molecule is O=C(O)c1cc2c(s1)C=CN=CC2. The van der Waals surface area contributed by atoms with E-state index in [1.807, 2.05) is 6.08 Å². The van der Waals surface area contributed by atoms with Gasteiger partial charge in [0.2, 0.25) is 0 Å². The summed E-state index contributed by atoms with van der Waals surface area (Å²) in [6, 6.07) is 1.71. The minimum Gasteiger partial charge on any atom is -0.477 e. The Hall–Kier alpha value is -1.42. The fourth-order valence-corrected chi connectivity index (χ4v) is 2.10. The van der Waals surface area contributed by atoms with Gasteiger partial charge in [0.15, 0.2) is 0 Å². The van der Waals surface area contributed by atoms with Crippen molar-refractivity contribution < 1.29 is 9.90 Å². The molecule has 0 radical (unpaired) electrons. The molecule has 13 heavy (non-hydrogen) atoms. The van der Waals surface area contributed by atoms with Crippen molar-refractivity contribution in [3.8, 4) is 0 Å². The first-order chi connectivity index (χ1) is 6.27. The van der Waals surface area contributed by atoms with Crippen molar-refractivity contribution >= 4 is 29.6 Å². The van der Waals surface area contributed by atoms with Crippen LogP contribution in [0, 0.1) is 0 Å². The monoisotopic (exact) mass is 193 g/mol.